The predicted octanol–water partition coefficient (Wildman–Crippen LogP) is 26.3. The van der Waals surface area contributed by atoms with Gasteiger partial charge in [-0.25, -0.2) is 0 Å². The van der Waals surface area contributed by atoms with E-state index in [1.807, 2.05) is 0 Å². The second-order valence-electron chi connectivity index (χ2n) is 33.6. The Morgan fingerprint density at radius 2 is 0.537 bits per heavy atom. The molecule has 3 heteroatoms. The monoisotopic (exact) mass is 1240 g/mol. The lowest BCUT2D eigenvalue weighted by Gasteiger charge is -2.48. The summed E-state index contributed by atoms with van der Waals surface area (Å²) in [4.78, 5) is 7.99. The van der Waals surface area contributed by atoms with Crippen molar-refractivity contribution in [3.63, 3.8) is 0 Å². The van der Waals surface area contributed by atoms with Crippen LogP contribution in [-0.2, 0) is 38.9 Å². The first-order valence-electron chi connectivity index (χ1n) is 34.6. The second kappa shape index (κ2) is 22.8. The van der Waals surface area contributed by atoms with Crippen molar-refractivity contribution in [1.29, 1.82) is 0 Å². The molecule has 0 N–H and O–H groups in total. The maximum atomic E-state index is 2.66. The zero-order valence-corrected chi connectivity index (χ0v) is 59.6. The molecule has 0 amide bonds. The van der Waals surface area contributed by atoms with Gasteiger partial charge in [0.2, 0.25) is 0 Å². The first-order valence-corrected chi connectivity index (χ1v) is 34.6. The summed E-state index contributed by atoms with van der Waals surface area (Å²) in [6.07, 6.45) is 0.894. The smallest absolute Gasteiger partial charge is 0.0948 e. The summed E-state index contributed by atoms with van der Waals surface area (Å²) in [6, 6.07) is 90.5. The first-order chi connectivity index (χ1) is 44.9. The van der Waals surface area contributed by atoms with Gasteiger partial charge in [0, 0.05) is 17.0 Å². The summed E-state index contributed by atoms with van der Waals surface area (Å²) in [5.74, 6) is -0.0603. The van der Waals surface area contributed by atoms with Crippen molar-refractivity contribution < 1.29 is 0 Å². The largest absolute Gasteiger partial charge is 0.306 e. The molecule has 0 bridgehead atoms. The van der Waals surface area contributed by atoms with Gasteiger partial charge in [-0.15, -0.1) is 0 Å². The van der Waals surface area contributed by atoms with Crippen LogP contribution in [0.5, 0.6) is 0 Å². The van der Waals surface area contributed by atoms with E-state index >= 15 is 0 Å². The number of anilines is 9. The van der Waals surface area contributed by atoms with E-state index in [1.54, 1.807) is 0 Å². The van der Waals surface area contributed by atoms with E-state index < -0.39 is 0 Å². The van der Waals surface area contributed by atoms with E-state index in [1.165, 1.54) is 106 Å². The molecule has 1 aliphatic carbocycles. The highest BCUT2D eigenvalue weighted by Gasteiger charge is 2.43. The summed E-state index contributed by atoms with van der Waals surface area (Å²) in [5, 5.41) is 0. The summed E-state index contributed by atoms with van der Waals surface area (Å²) in [7, 11) is 0. The van der Waals surface area contributed by atoms with Crippen molar-refractivity contribution in [2.75, 3.05) is 14.7 Å². The average Bonchev–Trinajstić information content (AvgIpc) is 0.693. The van der Waals surface area contributed by atoms with Crippen LogP contribution >= 0.6 is 0 Å². The number of fused-ring (bicyclic) bond motifs is 6. The molecule has 0 saturated heterocycles. The minimum atomic E-state index is -0.115. The Morgan fingerprint density at radius 3 is 0.874 bits per heavy atom. The molecule has 478 valence electrons. The molecule has 3 aliphatic rings. The fourth-order valence-electron chi connectivity index (χ4n) is 14.8. The first kappa shape index (κ1) is 63.2. The van der Waals surface area contributed by atoms with E-state index in [-0.39, 0.29) is 38.4 Å². The second-order valence-corrected chi connectivity index (χ2v) is 33.6. The SMILES string of the molecule is CC(C)(C)c1ccc(-c2ccc3c(c2)N2c4cc(-c5ccc(C(C)(C)C)cc5)ccc4N(c4ccc(C(C)(C)C)cc4-c4ccc(C(C)(C)C)cc4)c4cc(C5c6ccccc6Cc6ccccc65)cc(c42)N3c2ccc(C(C)(C)C)cc2-c2ccc(C(C)(C)C)cc2)cc1. The fourth-order valence-corrected chi connectivity index (χ4v) is 14.8. The van der Waals surface area contributed by atoms with E-state index in [4.69, 9.17) is 0 Å². The van der Waals surface area contributed by atoms with Crippen LogP contribution in [0, 0.1) is 0 Å². The Bertz CT molecular complexity index is 4460. The Labute approximate surface area is 568 Å². The van der Waals surface area contributed by atoms with Gasteiger partial charge in [-0.2, -0.15) is 0 Å². The van der Waals surface area contributed by atoms with Crippen molar-refractivity contribution in [2.24, 2.45) is 0 Å². The number of hydrogen-bond donors (Lipinski definition) is 0. The number of rotatable bonds is 7. The minimum absolute atomic E-state index is 0.00869. The molecule has 0 saturated carbocycles. The Balaban J connectivity index is 1.14. The van der Waals surface area contributed by atoms with Gasteiger partial charge in [0.25, 0.3) is 0 Å². The van der Waals surface area contributed by atoms with Crippen LogP contribution in [0.2, 0.25) is 0 Å². The molecule has 11 aromatic rings. The van der Waals surface area contributed by atoms with E-state index in [0.29, 0.717) is 0 Å². The molecular weight excluding hydrogens is 1150 g/mol. The van der Waals surface area contributed by atoms with Crippen molar-refractivity contribution in [1.82, 2.24) is 0 Å². The molecule has 3 nitrogen and oxygen atoms in total. The molecule has 0 aromatic heterocycles. The molecule has 0 spiro atoms. The highest BCUT2D eigenvalue weighted by Crippen LogP contribution is 2.66. The Morgan fingerprint density at radius 1 is 0.242 bits per heavy atom. The van der Waals surface area contributed by atoms with Crippen LogP contribution in [0.4, 0.5) is 51.2 Å². The molecule has 2 aliphatic heterocycles. The van der Waals surface area contributed by atoms with Gasteiger partial charge in [-0.1, -0.05) is 294 Å². The summed E-state index contributed by atoms with van der Waals surface area (Å²) >= 11 is 0. The molecule has 95 heavy (non-hydrogen) atoms. The van der Waals surface area contributed by atoms with Gasteiger partial charge < -0.3 is 14.7 Å². The predicted molar refractivity (Wildman–Crippen MR) is 408 cm³/mol. The highest BCUT2D eigenvalue weighted by atomic mass is 15.3. The van der Waals surface area contributed by atoms with Crippen molar-refractivity contribution in [3.8, 4) is 44.5 Å². The van der Waals surface area contributed by atoms with E-state index in [0.717, 1.165) is 57.6 Å². The molecule has 2 heterocycles. The fraction of sp³-hybridized carbons (Fsp3) is 0.283. The maximum absolute atomic E-state index is 2.66. The number of hydrogen-bond acceptors (Lipinski definition) is 3. The normalized spacial score (nSPS) is 14.1. The molecule has 0 fully saturated rings. The zero-order chi connectivity index (χ0) is 67.1. The maximum Gasteiger partial charge on any atom is 0.0948 e. The summed E-state index contributed by atoms with van der Waals surface area (Å²) in [6.45, 7) is 41.8. The highest BCUT2D eigenvalue weighted by molar-refractivity contribution is 6.15. The van der Waals surface area contributed by atoms with Crippen LogP contribution in [0.15, 0.2) is 231 Å². The van der Waals surface area contributed by atoms with Gasteiger partial charge >= 0.3 is 0 Å². The standard InChI is InChI=1S/C92H95N3/c1-87(2,3)67-37-27-58(28-38-67)62-35-47-79-81(52-62)95-82-53-63(59-29-39-68(40-30-59)88(4,5)6)36-48-80(82)94(78-50-46-72(92(16,17)18)57-76(78)61-33-43-70(44-34-61)90(10,11)12)84-55-66(85-73-25-21-19-23-64(73)51-65-24-20-22-26-74(65)85)54-83(86(84)95)93(79)77-49-45-71(91(13,14)15)56-75(77)60-31-41-69(42-32-60)89(7,8)9/h19-50,52-57,85H,51H2,1-18H3. The zero-order valence-electron chi connectivity index (χ0n) is 59.6. The summed E-state index contributed by atoms with van der Waals surface area (Å²) in [5.41, 5.74) is 33.9. The van der Waals surface area contributed by atoms with E-state index in [2.05, 4.69) is 370 Å². The molecule has 0 atom stereocenters. The third-order valence-corrected chi connectivity index (χ3v) is 20.7. The van der Waals surface area contributed by atoms with Crippen LogP contribution in [0.3, 0.4) is 0 Å². The van der Waals surface area contributed by atoms with Gasteiger partial charge in [0.15, 0.2) is 0 Å². The van der Waals surface area contributed by atoms with Crippen molar-refractivity contribution in [2.45, 2.75) is 169 Å². The lowest BCUT2D eigenvalue weighted by Crippen LogP contribution is -2.31. The molecule has 14 rings (SSSR count). The van der Waals surface area contributed by atoms with Gasteiger partial charge in [-0.3, -0.25) is 0 Å². The van der Waals surface area contributed by atoms with Gasteiger partial charge in [-0.05, 0) is 194 Å². The van der Waals surface area contributed by atoms with Crippen molar-refractivity contribution >= 4 is 51.2 Å². The molecule has 0 radical (unpaired) electrons. The molecular formula is C92H95N3. The van der Waals surface area contributed by atoms with Crippen LogP contribution < -0.4 is 14.7 Å². The summed E-state index contributed by atoms with van der Waals surface area (Å²) < 4.78 is 0. The van der Waals surface area contributed by atoms with Crippen LogP contribution in [0.1, 0.15) is 192 Å². The third-order valence-electron chi connectivity index (χ3n) is 20.7. The number of nitrogens with zero attached hydrogens (tertiary/aromatic N) is 3. The van der Waals surface area contributed by atoms with E-state index in [9.17, 15) is 0 Å². The molecule has 0 unspecified atom stereocenters. The lowest BCUT2D eigenvalue weighted by atomic mass is 9.74. The Kier molecular flexibility index (Phi) is 15.1. The Hall–Kier alpha value is -9.18. The minimum Gasteiger partial charge on any atom is -0.306 e. The number of benzene rings is 11. The lowest BCUT2D eigenvalue weighted by molar-refractivity contribution is 0.589. The molecule has 11 aromatic carbocycles. The van der Waals surface area contributed by atoms with Gasteiger partial charge in [0.1, 0.15) is 0 Å². The topological polar surface area (TPSA) is 9.72 Å². The average molecular weight is 1240 g/mol. The van der Waals surface area contributed by atoms with Crippen LogP contribution in [0.25, 0.3) is 44.5 Å². The van der Waals surface area contributed by atoms with Crippen molar-refractivity contribution in [3.05, 3.63) is 292 Å². The van der Waals surface area contributed by atoms with Gasteiger partial charge in [0.05, 0.1) is 51.2 Å². The third kappa shape index (κ3) is 11.5. The quantitative estimate of drug-likeness (QED) is 0.157. The van der Waals surface area contributed by atoms with Crippen LogP contribution in [-0.4, -0.2) is 0 Å².